The molecule has 0 saturated carbocycles. The number of hydrogen-bond acceptors (Lipinski definition) is 3. The zero-order chi connectivity index (χ0) is 13.3. The zero-order valence-electron chi connectivity index (χ0n) is 10.6. The Balaban J connectivity index is 1.67. The van der Waals surface area contributed by atoms with Crippen LogP contribution in [0.15, 0.2) is 34.8 Å². The molecule has 3 rings (SSSR count). The molecule has 2 aliphatic rings. The molecule has 100 valence electrons. The molecule has 1 atom stereocenters. The highest BCUT2D eigenvalue weighted by Crippen LogP contribution is 2.43. The van der Waals surface area contributed by atoms with E-state index in [1.165, 1.54) is 12.5 Å². The molecule has 19 heavy (non-hydrogen) atoms. The molecule has 0 radical (unpaired) electrons. The minimum atomic E-state index is -0.133. The fraction of sp³-hybridized carbons (Fsp3) is 0.429. The number of rotatable bonds is 3. The first kappa shape index (κ1) is 12.0. The molecule has 5 heteroatoms. The Bertz CT molecular complexity index is 533. The molecule has 0 bridgehead atoms. The topological polar surface area (TPSA) is 71.3 Å². The summed E-state index contributed by atoms with van der Waals surface area (Å²) in [6.07, 6.45) is 8.25. The van der Waals surface area contributed by atoms with Gasteiger partial charge in [-0.25, -0.2) is 0 Å². The smallest absolute Gasteiger partial charge is 0.254 e. The average Bonchev–Trinajstić information content (AvgIpc) is 3.05. The Morgan fingerprint density at radius 1 is 1.47 bits per heavy atom. The number of allylic oxidation sites excluding steroid dienone is 1. The fourth-order valence-electron chi connectivity index (χ4n) is 2.87. The van der Waals surface area contributed by atoms with Crippen molar-refractivity contribution in [1.29, 1.82) is 0 Å². The first-order valence-corrected chi connectivity index (χ1v) is 6.51. The van der Waals surface area contributed by atoms with Crippen molar-refractivity contribution < 1.29 is 14.0 Å². The van der Waals surface area contributed by atoms with Gasteiger partial charge in [-0.15, -0.1) is 0 Å². The van der Waals surface area contributed by atoms with Gasteiger partial charge in [0.1, 0.15) is 6.26 Å². The maximum Gasteiger partial charge on any atom is 0.254 e. The van der Waals surface area contributed by atoms with E-state index in [2.05, 4.69) is 16.7 Å². The summed E-state index contributed by atoms with van der Waals surface area (Å²) < 4.78 is 4.90. The van der Waals surface area contributed by atoms with Gasteiger partial charge < -0.3 is 15.1 Å². The normalized spacial score (nSPS) is 25.5. The predicted octanol–water partition coefficient (Wildman–Crippen LogP) is 1.58. The van der Waals surface area contributed by atoms with Gasteiger partial charge in [0.25, 0.3) is 5.91 Å². The zero-order valence-corrected chi connectivity index (χ0v) is 10.6. The lowest BCUT2D eigenvalue weighted by molar-refractivity contribution is -0.122. The molecular formula is C14H16N2O3. The van der Waals surface area contributed by atoms with Crippen LogP contribution in [-0.4, -0.2) is 18.4 Å². The Morgan fingerprint density at radius 2 is 2.37 bits per heavy atom. The molecule has 1 aromatic heterocycles. The van der Waals surface area contributed by atoms with Crippen LogP contribution in [0.3, 0.4) is 0 Å². The first-order chi connectivity index (χ1) is 9.20. The van der Waals surface area contributed by atoms with Gasteiger partial charge >= 0.3 is 0 Å². The van der Waals surface area contributed by atoms with E-state index in [-0.39, 0.29) is 17.2 Å². The van der Waals surface area contributed by atoms with Crippen molar-refractivity contribution in [1.82, 2.24) is 10.6 Å². The number of carbonyl (C=O) groups is 2. The van der Waals surface area contributed by atoms with E-state index in [1.807, 2.05) is 0 Å². The largest absolute Gasteiger partial charge is 0.472 e. The fourth-order valence-corrected chi connectivity index (χ4v) is 2.87. The summed E-state index contributed by atoms with van der Waals surface area (Å²) in [6.45, 7) is 0.559. The lowest BCUT2D eigenvalue weighted by Gasteiger charge is -2.36. The SMILES string of the molecule is O=C1CCC2(CNC(=O)c3ccoc3)CCC=C2N1. The third kappa shape index (κ3) is 2.16. The van der Waals surface area contributed by atoms with E-state index in [9.17, 15) is 9.59 Å². The molecule has 2 heterocycles. The molecular weight excluding hydrogens is 244 g/mol. The highest BCUT2D eigenvalue weighted by atomic mass is 16.3. The van der Waals surface area contributed by atoms with E-state index in [4.69, 9.17) is 4.42 Å². The molecule has 1 aliphatic heterocycles. The second-order valence-electron chi connectivity index (χ2n) is 5.18. The summed E-state index contributed by atoms with van der Waals surface area (Å²) in [5.41, 5.74) is 1.42. The Labute approximate surface area is 111 Å². The van der Waals surface area contributed by atoms with Gasteiger partial charge in [0, 0.05) is 24.1 Å². The number of hydrogen-bond donors (Lipinski definition) is 2. The van der Waals surface area contributed by atoms with Crippen LogP contribution in [0, 0.1) is 5.41 Å². The minimum absolute atomic E-state index is 0.0740. The maximum absolute atomic E-state index is 11.9. The third-order valence-corrected chi connectivity index (χ3v) is 4.02. The highest BCUT2D eigenvalue weighted by molar-refractivity contribution is 5.93. The van der Waals surface area contributed by atoms with Crippen LogP contribution in [0.1, 0.15) is 36.0 Å². The third-order valence-electron chi connectivity index (χ3n) is 4.02. The summed E-state index contributed by atoms with van der Waals surface area (Å²) in [5, 5.41) is 5.87. The number of amides is 2. The lowest BCUT2D eigenvalue weighted by Crippen LogP contribution is -2.46. The molecule has 1 aromatic rings. The second kappa shape index (κ2) is 4.57. The monoisotopic (exact) mass is 260 g/mol. The lowest BCUT2D eigenvalue weighted by atomic mass is 9.77. The molecule has 1 saturated heterocycles. The van der Waals surface area contributed by atoms with E-state index >= 15 is 0 Å². The number of fused-ring (bicyclic) bond motifs is 1. The van der Waals surface area contributed by atoms with Crippen LogP contribution in [0.5, 0.6) is 0 Å². The minimum Gasteiger partial charge on any atom is -0.472 e. The van der Waals surface area contributed by atoms with Gasteiger partial charge in [-0.3, -0.25) is 9.59 Å². The number of nitrogens with one attached hydrogen (secondary N) is 2. The van der Waals surface area contributed by atoms with Gasteiger partial charge in [-0.2, -0.15) is 0 Å². The average molecular weight is 260 g/mol. The van der Waals surface area contributed by atoms with Gasteiger partial charge in [0.05, 0.1) is 11.8 Å². The Kier molecular flexibility index (Phi) is 2.89. The number of carbonyl (C=O) groups excluding carboxylic acids is 2. The quantitative estimate of drug-likeness (QED) is 0.866. The van der Waals surface area contributed by atoms with Gasteiger partial charge in [0.2, 0.25) is 5.91 Å². The van der Waals surface area contributed by atoms with E-state index < -0.39 is 0 Å². The van der Waals surface area contributed by atoms with E-state index in [1.54, 1.807) is 6.07 Å². The molecule has 0 spiro atoms. The Morgan fingerprint density at radius 3 is 3.16 bits per heavy atom. The van der Waals surface area contributed by atoms with Crippen molar-refractivity contribution in [3.05, 3.63) is 35.9 Å². The van der Waals surface area contributed by atoms with Gasteiger partial charge in [-0.05, 0) is 25.3 Å². The summed E-state index contributed by atoms with van der Waals surface area (Å²) in [4.78, 5) is 23.3. The predicted molar refractivity (Wildman–Crippen MR) is 68.2 cm³/mol. The van der Waals surface area contributed by atoms with Gasteiger partial charge in [-0.1, -0.05) is 6.08 Å². The van der Waals surface area contributed by atoms with Gasteiger partial charge in [0.15, 0.2) is 0 Å². The van der Waals surface area contributed by atoms with Crippen molar-refractivity contribution in [3.63, 3.8) is 0 Å². The summed E-state index contributed by atoms with van der Waals surface area (Å²) in [5.74, 6) is -0.0591. The maximum atomic E-state index is 11.9. The van der Waals surface area contributed by atoms with Crippen molar-refractivity contribution in [2.45, 2.75) is 25.7 Å². The molecule has 0 aromatic carbocycles. The van der Waals surface area contributed by atoms with Crippen molar-refractivity contribution in [3.8, 4) is 0 Å². The summed E-state index contributed by atoms with van der Waals surface area (Å²) in [7, 11) is 0. The summed E-state index contributed by atoms with van der Waals surface area (Å²) in [6, 6.07) is 1.64. The van der Waals surface area contributed by atoms with Crippen molar-refractivity contribution in [2.75, 3.05) is 6.54 Å². The van der Waals surface area contributed by atoms with Crippen LogP contribution in [0.25, 0.3) is 0 Å². The number of furan rings is 1. The standard InChI is InChI=1S/C14H16N2O3/c17-12-3-6-14(5-1-2-11(14)16-12)9-15-13(18)10-4-7-19-8-10/h2,4,7-8H,1,3,5-6,9H2,(H,15,18)(H,16,17). The molecule has 1 fully saturated rings. The van der Waals surface area contributed by atoms with Crippen molar-refractivity contribution in [2.24, 2.45) is 5.41 Å². The van der Waals surface area contributed by atoms with Crippen LogP contribution in [0.4, 0.5) is 0 Å². The molecule has 2 amide bonds. The molecule has 5 nitrogen and oxygen atoms in total. The van der Waals surface area contributed by atoms with Crippen LogP contribution in [-0.2, 0) is 4.79 Å². The van der Waals surface area contributed by atoms with E-state index in [0.717, 1.165) is 25.0 Å². The number of piperidine rings is 1. The molecule has 1 unspecified atom stereocenters. The first-order valence-electron chi connectivity index (χ1n) is 6.51. The molecule has 1 aliphatic carbocycles. The Hall–Kier alpha value is -2.04. The highest BCUT2D eigenvalue weighted by Gasteiger charge is 2.41. The molecule has 2 N–H and O–H groups in total. The van der Waals surface area contributed by atoms with Crippen molar-refractivity contribution >= 4 is 11.8 Å². The van der Waals surface area contributed by atoms with Crippen LogP contribution >= 0.6 is 0 Å². The van der Waals surface area contributed by atoms with Crippen LogP contribution in [0.2, 0.25) is 0 Å². The van der Waals surface area contributed by atoms with E-state index in [0.29, 0.717) is 18.5 Å². The second-order valence-corrected chi connectivity index (χ2v) is 5.18. The summed E-state index contributed by atoms with van der Waals surface area (Å²) >= 11 is 0. The van der Waals surface area contributed by atoms with Crippen LogP contribution < -0.4 is 10.6 Å².